The van der Waals surface area contributed by atoms with Gasteiger partial charge in [-0.05, 0) is 30.0 Å². The molecule has 0 saturated heterocycles. The van der Waals surface area contributed by atoms with Crippen molar-refractivity contribution in [3.63, 3.8) is 0 Å². The Morgan fingerprint density at radius 2 is 2.00 bits per heavy atom. The predicted molar refractivity (Wildman–Crippen MR) is 58.3 cm³/mol. The summed E-state index contributed by atoms with van der Waals surface area (Å²) in [4.78, 5) is 11.7. The van der Waals surface area contributed by atoms with Crippen LogP contribution in [0, 0.1) is 5.92 Å². The molecule has 1 unspecified atom stereocenters. The summed E-state index contributed by atoms with van der Waals surface area (Å²) in [5.74, 6) is 0.532. The summed E-state index contributed by atoms with van der Waals surface area (Å²) in [6.07, 6.45) is 1.48. The van der Waals surface area contributed by atoms with Crippen LogP contribution in [0.3, 0.4) is 0 Å². The molecule has 1 aromatic carbocycles. The van der Waals surface area contributed by atoms with Crippen LogP contribution < -0.4 is 0 Å². The summed E-state index contributed by atoms with van der Waals surface area (Å²) in [5, 5.41) is 1.10. The van der Waals surface area contributed by atoms with E-state index in [4.69, 9.17) is 23.2 Å². The molecule has 0 heterocycles. The lowest BCUT2D eigenvalue weighted by atomic mass is 9.84. The molecule has 1 aliphatic carbocycles. The SMILES string of the molecule is CC1CC(=O)c2c(Cl)cc(Cl)cc2C1. The van der Waals surface area contributed by atoms with Gasteiger partial charge in [0.1, 0.15) is 0 Å². The van der Waals surface area contributed by atoms with E-state index in [0.717, 1.165) is 12.0 Å². The van der Waals surface area contributed by atoms with Crippen LogP contribution in [0.2, 0.25) is 10.0 Å². The molecule has 74 valence electrons. The molecular weight excluding hydrogens is 219 g/mol. The Morgan fingerprint density at radius 3 is 2.71 bits per heavy atom. The van der Waals surface area contributed by atoms with Gasteiger partial charge in [-0.2, -0.15) is 0 Å². The molecule has 2 rings (SSSR count). The quantitative estimate of drug-likeness (QED) is 0.661. The summed E-state index contributed by atoms with van der Waals surface area (Å²) >= 11 is 11.9. The predicted octanol–water partition coefficient (Wildman–Crippen LogP) is 3.76. The van der Waals surface area contributed by atoms with Crippen molar-refractivity contribution in [2.45, 2.75) is 19.8 Å². The first-order valence-corrected chi connectivity index (χ1v) is 5.34. The van der Waals surface area contributed by atoms with Gasteiger partial charge in [-0.3, -0.25) is 4.79 Å². The van der Waals surface area contributed by atoms with Crippen LogP contribution in [-0.2, 0) is 6.42 Å². The highest BCUT2D eigenvalue weighted by Gasteiger charge is 2.24. The summed E-state index contributed by atoms with van der Waals surface area (Å²) in [7, 11) is 0. The number of carbonyl (C=O) groups excluding carboxylic acids is 1. The highest BCUT2D eigenvalue weighted by Crippen LogP contribution is 2.33. The molecular formula is C11H10Cl2O. The first-order chi connectivity index (χ1) is 6.58. The van der Waals surface area contributed by atoms with Gasteiger partial charge < -0.3 is 0 Å². The van der Waals surface area contributed by atoms with Crippen molar-refractivity contribution in [3.05, 3.63) is 33.3 Å². The molecule has 0 fully saturated rings. The third kappa shape index (κ3) is 1.67. The van der Waals surface area contributed by atoms with Gasteiger partial charge in [0.25, 0.3) is 0 Å². The van der Waals surface area contributed by atoms with Gasteiger partial charge in [-0.1, -0.05) is 30.1 Å². The smallest absolute Gasteiger partial charge is 0.164 e. The molecule has 0 spiro atoms. The van der Waals surface area contributed by atoms with Crippen LogP contribution in [0.1, 0.15) is 29.3 Å². The van der Waals surface area contributed by atoms with Gasteiger partial charge in [0.05, 0.1) is 5.02 Å². The number of benzene rings is 1. The van der Waals surface area contributed by atoms with E-state index in [1.54, 1.807) is 6.07 Å². The third-order valence-corrected chi connectivity index (χ3v) is 3.03. The van der Waals surface area contributed by atoms with E-state index < -0.39 is 0 Å². The molecule has 0 saturated carbocycles. The lowest BCUT2D eigenvalue weighted by molar-refractivity contribution is 0.0953. The minimum Gasteiger partial charge on any atom is -0.294 e. The third-order valence-electron chi connectivity index (χ3n) is 2.52. The van der Waals surface area contributed by atoms with E-state index in [0.29, 0.717) is 27.9 Å². The normalized spacial score (nSPS) is 20.8. The van der Waals surface area contributed by atoms with Crippen molar-refractivity contribution < 1.29 is 4.79 Å². The van der Waals surface area contributed by atoms with E-state index >= 15 is 0 Å². The van der Waals surface area contributed by atoms with E-state index in [1.807, 2.05) is 6.07 Å². The minimum atomic E-state index is 0.139. The second-order valence-electron chi connectivity index (χ2n) is 3.86. The largest absolute Gasteiger partial charge is 0.294 e. The average molecular weight is 229 g/mol. The number of Topliss-reactive ketones (excluding diaryl/α,β-unsaturated/α-hetero) is 1. The van der Waals surface area contributed by atoms with Gasteiger partial charge in [0.2, 0.25) is 0 Å². The Kier molecular flexibility index (Phi) is 2.54. The Balaban J connectivity index is 2.59. The zero-order chi connectivity index (χ0) is 10.3. The van der Waals surface area contributed by atoms with Gasteiger partial charge in [0.15, 0.2) is 5.78 Å². The molecule has 1 atom stereocenters. The first kappa shape index (κ1) is 10.0. The van der Waals surface area contributed by atoms with Gasteiger partial charge in [-0.15, -0.1) is 0 Å². The lowest BCUT2D eigenvalue weighted by Gasteiger charge is -2.21. The van der Waals surface area contributed by atoms with Crippen LogP contribution in [0.25, 0.3) is 0 Å². The fraction of sp³-hybridized carbons (Fsp3) is 0.364. The number of fused-ring (bicyclic) bond motifs is 1. The number of hydrogen-bond acceptors (Lipinski definition) is 1. The zero-order valence-electron chi connectivity index (χ0n) is 7.81. The Hall–Kier alpha value is -0.530. The summed E-state index contributed by atoms with van der Waals surface area (Å²) < 4.78 is 0. The fourth-order valence-corrected chi connectivity index (χ4v) is 2.61. The molecule has 0 aliphatic heterocycles. The first-order valence-electron chi connectivity index (χ1n) is 4.59. The minimum absolute atomic E-state index is 0.139. The van der Waals surface area contributed by atoms with Crippen molar-refractivity contribution in [2.75, 3.05) is 0 Å². The van der Waals surface area contributed by atoms with Crippen LogP contribution in [-0.4, -0.2) is 5.78 Å². The molecule has 0 amide bonds. The van der Waals surface area contributed by atoms with E-state index in [1.165, 1.54) is 0 Å². The van der Waals surface area contributed by atoms with Crippen LogP contribution in [0.4, 0.5) is 0 Å². The van der Waals surface area contributed by atoms with E-state index in [9.17, 15) is 4.79 Å². The van der Waals surface area contributed by atoms with Crippen LogP contribution >= 0.6 is 23.2 Å². The summed E-state index contributed by atoms with van der Waals surface area (Å²) in [6, 6.07) is 3.48. The van der Waals surface area contributed by atoms with E-state index in [2.05, 4.69) is 6.92 Å². The molecule has 0 N–H and O–H groups in total. The maximum atomic E-state index is 11.7. The summed E-state index contributed by atoms with van der Waals surface area (Å²) in [5.41, 5.74) is 1.67. The highest BCUT2D eigenvalue weighted by atomic mass is 35.5. The zero-order valence-corrected chi connectivity index (χ0v) is 9.32. The molecule has 1 nitrogen and oxygen atoms in total. The van der Waals surface area contributed by atoms with Crippen molar-refractivity contribution in [1.29, 1.82) is 0 Å². The fourth-order valence-electron chi connectivity index (χ4n) is 1.97. The van der Waals surface area contributed by atoms with Crippen molar-refractivity contribution in [3.8, 4) is 0 Å². The Morgan fingerprint density at radius 1 is 1.29 bits per heavy atom. The lowest BCUT2D eigenvalue weighted by Crippen LogP contribution is -2.18. The number of rotatable bonds is 0. The Bertz CT molecular complexity index is 399. The topological polar surface area (TPSA) is 17.1 Å². The second kappa shape index (κ2) is 3.56. The molecule has 3 heteroatoms. The standard InChI is InChI=1S/C11H10Cl2O/c1-6-2-7-4-8(12)5-9(13)11(7)10(14)3-6/h4-6H,2-3H2,1H3. The van der Waals surface area contributed by atoms with Gasteiger partial charge in [-0.25, -0.2) is 0 Å². The van der Waals surface area contributed by atoms with Gasteiger partial charge in [0, 0.05) is 17.0 Å². The highest BCUT2D eigenvalue weighted by molar-refractivity contribution is 6.37. The van der Waals surface area contributed by atoms with E-state index in [-0.39, 0.29) is 5.78 Å². The van der Waals surface area contributed by atoms with Crippen LogP contribution in [0.5, 0.6) is 0 Å². The Labute approximate surface area is 93.0 Å². The number of ketones is 1. The van der Waals surface area contributed by atoms with Crippen molar-refractivity contribution in [1.82, 2.24) is 0 Å². The molecule has 0 radical (unpaired) electrons. The van der Waals surface area contributed by atoms with Gasteiger partial charge >= 0.3 is 0 Å². The second-order valence-corrected chi connectivity index (χ2v) is 4.70. The molecule has 1 aliphatic rings. The molecule has 0 aromatic heterocycles. The monoisotopic (exact) mass is 228 g/mol. The number of carbonyl (C=O) groups is 1. The van der Waals surface area contributed by atoms with Crippen LogP contribution in [0.15, 0.2) is 12.1 Å². The maximum absolute atomic E-state index is 11.7. The molecule has 1 aromatic rings. The number of halogens is 2. The number of hydrogen-bond donors (Lipinski definition) is 0. The van der Waals surface area contributed by atoms with Crippen molar-refractivity contribution in [2.24, 2.45) is 5.92 Å². The summed E-state index contributed by atoms with van der Waals surface area (Å²) in [6.45, 7) is 2.07. The average Bonchev–Trinajstić information content (AvgIpc) is 1.99. The molecule has 0 bridgehead atoms. The molecule has 14 heavy (non-hydrogen) atoms. The van der Waals surface area contributed by atoms with Crippen molar-refractivity contribution >= 4 is 29.0 Å². The maximum Gasteiger partial charge on any atom is 0.164 e.